The van der Waals surface area contributed by atoms with E-state index >= 15 is 0 Å². The van der Waals surface area contributed by atoms with E-state index in [1.165, 1.54) is 25.7 Å². The molecular weight excluding hydrogens is 328 g/mol. The van der Waals surface area contributed by atoms with Gasteiger partial charge in [-0.2, -0.15) is 0 Å². The van der Waals surface area contributed by atoms with Gasteiger partial charge in [-0.1, -0.05) is 69.9 Å². The molecule has 1 aliphatic rings. The lowest BCUT2D eigenvalue weighted by molar-refractivity contribution is -0.254. The van der Waals surface area contributed by atoms with Crippen molar-refractivity contribution in [3.63, 3.8) is 0 Å². The van der Waals surface area contributed by atoms with E-state index in [1.807, 2.05) is 30.3 Å². The Labute approximate surface area is 159 Å². The van der Waals surface area contributed by atoms with Gasteiger partial charge < -0.3 is 18.9 Å². The average Bonchev–Trinajstić information content (AvgIpc) is 2.69. The van der Waals surface area contributed by atoms with E-state index in [2.05, 4.69) is 13.8 Å². The summed E-state index contributed by atoms with van der Waals surface area (Å²) in [4.78, 5) is 0. The molecule has 1 saturated heterocycles. The summed E-state index contributed by atoms with van der Waals surface area (Å²) in [5, 5.41) is 0. The van der Waals surface area contributed by atoms with Crippen molar-refractivity contribution >= 4 is 0 Å². The molecule has 1 aromatic rings. The Morgan fingerprint density at radius 2 is 1.38 bits per heavy atom. The minimum atomic E-state index is -0.287. The van der Waals surface area contributed by atoms with Crippen LogP contribution in [0.4, 0.5) is 0 Å². The minimum absolute atomic E-state index is 0.205. The molecule has 4 nitrogen and oxygen atoms in total. The van der Waals surface area contributed by atoms with Gasteiger partial charge in [0, 0.05) is 18.8 Å². The van der Waals surface area contributed by atoms with E-state index in [4.69, 9.17) is 18.9 Å². The number of hydrogen-bond donors (Lipinski definition) is 0. The van der Waals surface area contributed by atoms with Crippen LogP contribution in [0.1, 0.15) is 64.2 Å². The third kappa shape index (κ3) is 7.36. The van der Waals surface area contributed by atoms with E-state index in [0.717, 1.165) is 31.6 Å². The van der Waals surface area contributed by atoms with Gasteiger partial charge in [0.15, 0.2) is 6.29 Å². The molecule has 1 aromatic carbocycles. The van der Waals surface area contributed by atoms with E-state index in [-0.39, 0.29) is 11.7 Å². The van der Waals surface area contributed by atoms with Crippen molar-refractivity contribution in [3.05, 3.63) is 35.9 Å². The Balaban J connectivity index is 1.83. The maximum Gasteiger partial charge on any atom is 0.183 e. The Hall–Kier alpha value is -0.940. The van der Waals surface area contributed by atoms with E-state index in [9.17, 15) is 0 Å². The average molecular weight is 365 g/mol. The monoisotopic (exact) mass is 364 g/mol. The van der Waals surface area contributed by atoms with E-state index in [1.54, 1.807) is 0 Å². The number of unbranched alkanes of at least 4 members (excludes halogenated alkanes) is 4. The van der Waals surface area contributed by atoms with Crippen molar-refractivity contribution < 1.29 is 18.9 Å². The normalized spacial score (nSPS) is 17.5. The van der Waals surface area contributed by atoms with Gasteiger partial charge in [-0.05, 0) is 12.8 Å². The van der Waals surface area contributed by atoms with Crippen LogP contribution in [-0.2, 0) is 18.9 Å². The van der Waals surface area contributed by atoms with Crippen molar-refractivity contribution in [2.75, 3.05) is 39.6 Å². The molecule has 0 saturated carbocycles. The smallest absolute Gasteiger partial charge is 0.183 e. The molecule has 1 fully saturated rings. The van der Waals surface area contributed by atoms with Crippen LogP contribution in [0, 0.1) is 5.41 Å². The SMILES string of the molecule is CCCCCOCC1(COCCCCC)COC(c2ccccc2)OC1. The zero-order chi connectivity index (χ0) is 18.5. The quantitative estimate of drug-likeness (QED) is 0.455. The van der Waals surface area contributed by atoms with Crippen LogP contribution >= 0.6 is 0 Å². The van der Waals surface area contributed by atoms with Gasteiger partial charge in [-0.25, -0.2) is 0 Å². The number of hydrogen-bond acceptors (Lipinski definition) is 4. The molecular formula is C22H36O4. The first-order valence-corrected chi connectivity index (χ1v) is 10.2. The first-order chi connectivity index (χ1) is 12.8. The van der Waals surface area contributed by atoms with Crippen LogP contribution < -0.4 is 0 Å². The first kappa shape index (κ1) is 21.4. The van der Waals surface area contributed by atoms with Crippen LogP contribution in [0.5, 0.6) is 0 Å². The molecule has 0 radical (unpaired) electrons. The molecule has 148 valence electrons. The van der Waals surface area contributed by atoms with Gasteiger partial charge in [-0.3, -0.25) is 0 Å². The Morgan fingerprint density at radius 3 is 1.88 bits per heavy atom. The Bertz CT molecular complexity index is 438. The van der Waals surface area contributed by atoms with Crippen LogP contribution in [0.2, 0.25) is 0 Å². The highest BCUT2D eigenvalue weighted by atomic mass is 16.7. The van der Waals surface area contributed by atoms with Crippen molar-refractivity contribution in [2.24, 2.45) is 5.41 Å². The number of benzene rings is 1. The minimum Gasteiger partial charge on any atom is -0.381 e. The van der Waals surface area contributed by atoms with Crippen LogP contribution in [0.25, 0.3) is 0 Å². The molecule has 26 heavy (non-hydrogen) atoms. The van der Waals surface area contributed by atoms with Crippen LogP contribution in [-0.4, -0.2) is 39.6 Å². The summed E-state index contributed by atoms with van der Waals surface area (Å²) >= 11 is 0. The zero-order valence-corrected chi connectivity index (χ0v) is 16.6. The second-order valence-electron chi connectivity index (χ2n) is 7.38. The van der Waals surface area contributed by atoms with Gasteiger partial charge in [0.1, 0.15) is 0 Å². The molecule has 0 aromatic heterocycles. The largest absolute Gasteiger partial charge is 0.381 e. The summed E-state index contributed by atoms with van der Waals surface area (Å²) < 4.78 is 24.0. The predicted octanol–water partition coefficient (Wildman–Crippen LogP) is 5.13. The third-order valence-electron chi connectivity index (χ3n) is 4.75. The van der Waals surface area contributed by atoms with Gasteiger partial charge >= 0.3 is 0 Å². The third-order valence-corrected chi connectivity index (χ3v) is 4.75. The molecule has 2 rings (SSSR count). The molecule has 0 spiro atoms. The maximum atomic E-state index is 6.05. The molecule has 0 aliphatic carbocycles. The highest BCUT2D eigenvalue weighted by Crippen LogP contribution is 2.32. The molecule has 0 unspecified atom stereocenters. The topological polar surface area (TPSA) is 36.9 Å². The lowest BCUT2D eigenvalue weighted by atomic mass is 9.91. The number of ether oxygens (including phenoxy) is 4. The number of rotatable bonds is 13. The summed E-state index contributed by atoms with van der Waals surface area (Å²) in [7, 11) is 0. The summed E-state index contributed by atoms with van der Waals surface area (Å²) in [5.41, 5.74) is 0.859. The van der Waals surface area contributed by atoms with Crippen molar-refractivity contribution in [3.8, 4) is 0 Å². The molecule has 1 heterocycles. The summed E-state index contributed by atoms with van der Waals surface area (Å²) in [5.74, 6) is 0. The van der Waals surface area contributed by atoms with Gasteiger partial charge in [-0.15, -0.1) is 0 Å². The van der Waals surface area contributed by atoms with Crippen molar-refractivity contribution in [2.45, 2.75) is 58.7 Å². The van der Waals surface area contributed by atoms with Crippen molar-refractivity contribution in [1.29, 1.82) is 0 Å². The lowest BCUT2D eigenvalue weighted by Crippen LogP contribution is -2.46. The zero-order valence-electron chi connectivity index (χ0n) is 16.6. The molecule has 0 N–H and O–H groups in total. The lowest BCUT2D eigenvalue weighted by Gasteiger charge is -2.39. The van der Waals surface area contributed by atoms with Gasteiger partial charge in [0.2, 0.25) is 0 Å². The molecule has 4 heteroatoms. The molecule has 1 aliphatic heterocycles. The van der Waals surface area contributed by atoms with E-state index in [0.29, 0.717) is 26.4 Å². The van der Waals surface area contributed by atoms with Gasteiger partial charge in [0.25, 0.3) is 0 Å². The fourth-order valence-corrected chi connectivity index (χ4v) is 3.09. The summed E-state index contributed by atoms with van der Waals surface area (Å²) in [6.07, 6.45) is 6.77. The van der Waals surface area contributed by atoms with Crippen molar-refractivity contribution in [1.82, 2.24) is 0 Å². The fourth-order valence-electron chi connectivity index (χ4n) is 3.09. The second kappa shape index (κ2) is 12.4. The van der Waals surface area contributed by atoms with Gasteiger partial charge in [0.05, 0.1) is 31.8 Å². The fraction of sp³-hybridized carbons (Fsp3) is 0.727. The summed E-state index contributed by atoms with van der Waals surface area (Å²) in [6.45, 7) is 8.48. The highest BCUT2D eigenvalue weighted by molar-refractivity contribution is 5.16. The maximum absolute atomic E-state index is 6.05. The van der Waals surface area contributed by atoms with Crippen LogP contribution in [0.3, 0.4) is 0 Å². The Morgan fingerprint density at radius 1 is 0.846 bits per heavy atom. The first-order valence-electron chi connectivity index (χ1n) is 10.2. The standard InChI is InChI=1S/C22H36O4/c1-3-5-10-14-23-16-22(17-24-15-11-6-4-2)18-25-21(26-19-22)20-12-8-7-9-13-20/h7-9,12-13,21H,3-6,10-11,14-19H2,1-2H3. The predicted molar refractivity (Wildman–Crippen MR) is 104 cm³/mol. The van der Waals surface area contributed by atoms with E-state index < -0.39 is 0 Å². The molecule has 0 bridgehead atoms. The molecule has 0 amide bonds. The Kier molecular flexibility index (Phi) is 10.2. The summed E-state index contributed by atoms with van der Waals surface area (Å²) in [6, 6.07) is 10.1. The highest BCUT2D eigenvalue weighted by Gasteiger charge is 2.38. The molecule has 0 atom stereocenters. The second-order valence-corrected chi connectivity index (χ2v) is 7.38. The van der Waals surface area contributed by atoms with Crippen LogP contribution in [0.15, 0.2) is 30.3 Å².